The number of hydrogen-bond acceptors (Lipinski definition) is 2. The predicted octanol–water partition coefficient (Wildman–Crippen LogP) is 3.40. The van der Waals surface area contributed by atoms with Crippen molar-refractivity contribution in [1.82, 2.24) is 5.32 Å². The molecule has 0 aliphatic carbocycles. The van der Waals surface area contributed by atoms with E-state index in [1.807, 2.05) is 12.1 Å². The molecule has 1 aliphatic rings. The molecule has 1 aliphatic heterocycles. The molecule has 1 heterocycles. The first kappa shape index (κ1) is 12.2. The van der Waals surface area contributed by atoms with Crippen molar-refractivity contribution in [3.63, 3.8) is 0 Å². The second kappa shape index (κ2) is 5.45. The van der Waals surface area contributed by atoms with Crippen LogP contribution in [0, 0.1) is 0 Å². The van der Waals surface area contributed by atoms with Gasteiger partial charge in [0.25, 0.3) is 0 Å². The van der Waals surface area contributed by atoms with Crippen molar-refractivity contribution in [2.75, 3.05) is 18.8 Å². The van der Waals surface area contributed by atoms with Crippen molar-refractivity contribution in [3.05, 3.63) is 54.1 Å². The second-order valence-electron chi connectivity index (χ2n) is 5.29. The first-order valence-corrected chi connectivity index (χ1v) is 6.99. The Hall–Kier alpha value is -1.80. The first-order chi connectivity index (χ1) is 9.33. The van der Waals surface area contributed by atoms with Gasteiger partial charge in [0.1, 0.15) is 0 Å². The number of piperidine rings is 1. The van der Waals surface area contributed by atoms with Crippen molar-refractivity contribution in [2.45, 2.75) is 18.8 Å². The Morgan fingerprint density at radius 3 is 2.58 bits per heavy atom. The molecule has 1 saturated heterocycles. The van der Waals surface area contributed by atoms with Crippen LogP contribution in [0.25, 0.3) is 11.1 Å². The number of nitrogens with one attached hydrogen (secondary N) is 1. The highest BCUT2D eigenvalue weighted by Crippen LogP contribution is 2.28. The van der Waals surface area contributed by atoms with E-state index in [-0.39, 0.29) is 0 Å². The Morgan fingerprint density at radius 1 is 1.00 bits per heavy atom. The van der Waals surface area contributed by atoms with Crippen molar-refractivity contribution < 1.29 is 0 Å². The minimum atomic E-state index is 0.655. The van der Waals surface area contributed by atoms with Crippen LogP contribution in [0.4, 0.5) is 5.69 Å². The molecule has 2 aromatic carbocycles. The van der Waals surface area contributed by atoms with Crippen molar-refractivity contribution in [1.29, 1.82) is 0 Å². The summed E-state index contributed by atoms with van der Waals surface area (Å²) in [5.74, 6) is 0.655. The third-order valence-electron chi connectivity index (χ3n) is 3.90. The van der Waals surface area contributed by atoms with E-state index in [4.69, 9.17) is 5.73 Å². The summed E-state index contributed by atoms with van der Waals surface area (Å²) in [7, 11) is 0. The number of rotatable bonds is 2. The van der Waals surface area contributed by atoms with Crippen LogP contribution in [-0.2, 0) is 0 Å². The lowest BCUT2D eigenvalue weighted by atomic mass is 9.90. The molecule has 1 fully saturated rings. The van der Waals surface area contributed by atoms with Gasteiger partial charge in [-0.1, -0.05) is 36.4 Å². The highest BCUT2D eigenvalue weighted by molar-refractivity contribution is 5.66. The molecular formula is C17H20N2. The van der Waals surface area contributed by atoms with Gasteiger partial charge in [-0.3, -0.25) is 0 Å². The highest BCUT2D eigenvalue weighted by atomic mass is 14.9. The minimum Gasteiger partial charge on any atom is -0.399 e. The van der Waals surface area contributed by atoms with Gasteiger partial charge in [-0.25, -0.2) is 0 Å². The van der Waals surface area contributed by atoms with Gasteiger partial charge >= 0.3 is 0 Å². The van der Waals surface area contributed by atoms with Gasteiger partial charge in [0.15, 0.2) is 0 Å². The first-order valence-electron chi connectivity index (χ1n) is 6.99. The molecule has 0 aromatic heterocycles. The lowest BCUT2D eigenvalue weighted by Gasteiger charge is -2.23. The fourth-order valence-corrected chi connectivity index (χ4v) is 2.78. The minimum absolute atomic E-state index is 0.655. The summed E-state index contributed by atoms with van der Waals surface area (Å²) >= 11 is 0. The average Bonchev–Trinajstić information content (AvgIpc) is 2.49. The fourth-order valence-electron chi connectivity index (χ4n) is 2.78. The molecule has 0 bridgehead atoms. The summed E-state index contributed by atoms with van der Waals surface area (Å²) in [6, 6.07) is 17.0. The van der Waals surface area contributed by atoms with Gasteiger partial charge in [-0.15, -0.1) is 0 Å². The molecular weight excluding hydrogens is 232 g/mol. The molecule has 3 rings (SSSR count). The third-order valence-corrected chi connectivity index (χ3v) is 3.90. The van der Waals surface area contributed by atoms with E-state index in [1.165, 1.54) is 29.5 Å². The summed E-state index contributed by atoms with van der Waals surface area (Å²) in [5, 5.41) is 3.48. The molecule has 0 saturated carbocycles. The van der Waals surface area contributed by atoms with Crippen LogP contribution in [0.5, 0.6) is 0 Å². The number of nitrogens with two attached hydrogens (primary N) is 1. The summed E-state index contributed by atoms with van der Waals surface area (Å²) in [6.45, 7) is 2.26. The summed E-state index contributed by atoms with van der Waals surface area (Å²) < 4.78 is 0. The molecule has 1 unspecified atom stereocenters. The number of anilines is 1. The van der Waals surface area contributed by atoms with Gasteiger partial charge in [0.05, 0.1) is 0 Å². The molecule has 1 atom stereocenters. The van der Waals surface area contributed by atoms with Crippen molar-refractivity contribution in [3.8, 4) is 11.1 Å². The molecule has 2 aromatic rings. The lowest BCUT2D eigenvalue weighted by Crippen LogP contribution is -2.28. The Balaban J connectivity index is 1.88. The van der Waals surface area contributed by atoms with E-state index >= 15 is 0 Å². The second-order valence-corrected chi connectivity index (χ2v) is 5.29. The lowest BCUT2D eigenvalue weighted by molar-refractivity contribution is 0.462. The van der Waals surface area contributed by atoms with Crippen LogP contribution in [0.2, 0.25) is 0 Å². The highest BCUT2D eigenvalue weighted by Gasteiger charge is 2.15. The SMILES string of the molecule is Nc1ccc(-c2cccc(C3CCCNC3)c2)cc1. The molecule has 0 amide bonds. The van der Waals surface area contributed by atoms with Gasteiger partial charge in [-0.05, 0) is 54.1 Å². The molecule has 3 N–H and O–H groups in total. The number of nitrogen functional groups attached to an aromatic ring is 1. The Labute approximate surface area is 114 Å². The van der Waals surface area contributed by atoms with Crippen molar-refractivity contribution >= 4 is 5.69 Å². The maximum absolute atomic E-state index is 5.74. The zero-order valence-electron chi connectivity index (χ0n) is 11.1. The molecule has 19 heavy (non-hydrogen) atoms. The fraction of sp³-hybridized carbons (Fsp3) is 0.294. The van der Waals surface area contributed by atoms with E-state index in [1.54, 1.807) is 0 Å². The van der Waals surface area contributed by atoms with Gasteiger partial charge < -0.3 is 11.1 Å². The third kappa shape index (κ3) is 2.79. The predicted molar refractivity (Wildman–Crippen MR) is 81.1 cm³/mol. The zero-order valence-corrected chi connectivity index (χ0v) is 11.1. The summed E-state index contributed by atoms with van der Waals surface area (Å²) in [6.07, 6.45) is 2.56. The maximum atomic E-state index is 5.74. The van der Waals surface area contributed by atoms with E-state index in [9.17, 15) is 0 Å². The molecule has 2 nitrogen and oxygen atoms in total. The molecule has 98 valence electrons. The summed E-state index contributed by atoms with van der Waals surface area (Å²) in [5.41, 5.74) is 10.5. The normalized spacial score (nSPS) is 19.3. The van der Waals surface area contributed by atoms with Gasteiger partial charge in [-0.2, -0.15) is 0 Å². The van der Waals surface area contributed by atoms with Crippen LogP contribution in [-0.4, -0.2) is 13.1 Å². The molecule has 0 radical (unpaired) electrons. The zero-order chi connectivity index (χ0) is 13.1. The van der Waals surface area contributed by atoms with Crippen LogP contribution in [0.1, 0.15) is 24.3 Å². The molecule has 0 spiro atoms. The Kier molecular flexibility index (Phi) is 3.51. The molecule has 2 heteroatoms. The van der Waals surface area contributed by atoms with Crippen LogP contribution < -0.4 is 11.1 Å². The van der Waals surface area contributed by atoms with E-state index in [2.05, 4.69) is 41.7 Å². The van der Waals surface area contributed by atoms with Crippen LogP contribution in [0.3, 0.4) is 0 Å². The smallest absolute Gasteiger partial charge is 0.0314 e. The number of hydrogen-bond donors (Lipinski definition) is 2. The monoisotopic (exact) mass is 252 g/mol. The summed E-state index contributed by atoms with van der Waals surface area (Å²) in [4.78, 5) is 0. The maximum Gasteiger partial charge on any atom is 0.0314 e. The average molecular weight is 252 g/mol. The standard InChI is InChI=1S/C17H20N2/c18-17-8-6-13(7-9-17)14-3-1-4-15(11-14)16-5-2-10-19-12-16/h1,3-4,6-9,11,16,19H,2,5,10,12,18H2. The largest absolute Gasteiger partial charge is 0.399 e. The van der Waals surface area contributed by atoms with E-state index < -0.39 is 0 Å². The Bertz CT molecular complexity index is 539. The van der Waals surface area contributed by atoms with E-state index in [0.29, 0.717) is 5.92 Å². The topological polar surface area (TPSA) is 38.0 Å². The Morgan fingerprint density at radius 2 is 1.84 bits per heavy atom. The van der Waals surface area contributed by atoms with Crippen LogP contribution >= 0.6 is 0 Å². The quantitative estimate of drug-likeness (QED) is 0.804. The van der Waals surface area contributed by atoms with Crippen LogP contribution in [0.15, 0.2) is 48.5 Å². The number of benzene rings is 2. The van der Waals surface area contributed by atoms with Crippen molar-refractivity contribution in [2.24, 2.45) is 0 Å². The van der Waals surface area contributed by atoms with Gasteiger partial charge in [0.2, 0.25) is 0 Å². The van der Waals surface area contributed by atoms with E-state index in [0.717, 1.165) is 18.8 Å². The van der Waals surface area contributed by atoms with Gasteiger partial charge in [0, 0.05) is 12.2 Å².